The maximum absolute atomic E-state index is 12.5. The number of thiophene rings is 1. The predicted octanol–water partition coefficient (Wildman–Crippen LogP) is 1.39. The molecule has 0 amide bonds. The van der Waals surface area contributed by atoms with Gasteiger partial charge in [0.2, 0.25) is 5.78 Å². The summed E-state index contributed by atoms with van der Waals surface area (Å²) in [4.78, 5) is 11.6. The molecule has 3 nitrogen and oxygen atoms in total. The lowest BCUT2D eigenvalue weighted by atomic mass is 10.3. The number of carbonyl (C=O) groups excluding carboxylic acids is 1. The molecule has 1 rings (SSSR count). The highest BCUT2D eigenvalue weighted by atomic mass is 32.1. The first-order valence-electron chi connectivity index (χ1n) is 3.80. The van der Waals surface area contributed by atoms with Gasteiger partial charge < -0.3 is 4.74 Å². The number of carbonyl (C=O) groups is 1. The van der Waals surface area contributed by atoms with Crippen LogP contribution in [0.15, 0.2) is 11.4 Å². The predicted molar refractivity (Wildman–Crippen MR) is 48.2 cm³/mol. The highest BCUT2D eigenvalue weighted by molar-refractivity contribution is 7.12. The van der Waals surface area contributed by atoms with E-state index >= 15 is 0 Å². The fourth-order valence-corrected chi connectivity index (χ4v) is 1.56. The molecule has 0 fully saturated rings. The molecule has 1 unspecified atom stereocenters. The Kier molecular flexibility index (Phi) is 3.53. The monoisotopic (exact) mass is 203 g/mol. The summed E-state index contributed by atoms with van der Waals surface area (Å²) in [5, 5.41) is 1.26. The molecule has 2 N–H and O–H groups in total. The van der Waals surface area contributed by atoms with E-state index in [4.69, 9.17) is 10.5 Å². The average Bonchev–Trinajstić information content (AvgIpc) is 2.51. The van der Waals surface area contributed by atoms with Crippen LogP contribution in [0.1, 0.15) is 16.6 Å². The number of ether oxygens (including phenoxy) is 1. The summed E-state index contributed by atoms with van der Waals surface area (Å²) >= 11 is 1.03. The molecule has 1 aromatic heterocycles. The molecule has 0 aliphatic heterocycles. The highest BCUT2D eigenvalue weighted by Crippen LogP contribution is 2.14. The van der Waals surface area contributed by atoms with E-state index in [9.17, 15) is 9.18 Å². The van der Waals surface area contributed by atoms with Crippen molar-refractivity contribution in [1.29, 1.82) is 0 Å². The van der Waals surface area contributed by atoms with Crippen LogP contribution in [0.3, 0.4) is 0 Å². The summed E-state index contributed by atoms with van der Waals surface area (Å²) in [5.41, 5.74) is 5.38. The fourth-order valence-electron chi connectivity index (χ4n) is 0.838. The van der Waals surface area contributed by atoms with Gasteiger partial charge in [-0.25, -0.2) is 4.39 Å². The van der Waals surface area contributed by atoms with Gasteiger partial charge in [0.1, 0.15) is 5.82 Å². The molecule has 1 aromatic rings. The minimum atomic E-state index is -0.983. The van der Waals surface area contributed by atoms with Crippen molar-refractivity contribution < 1.29 is 13.9 Å². The van der Waals surface area contributed by atoms with Crippen LogP contribution in [0, 0.1) is 5.82 Å². The smallest absolute Gasteiger partial charge is 0.216 e. The van der Waals surface area contributed by atoms with Gasteiger partial charge in [-0.1, -0.05) is 0 Å². The molecule has 0 aliphatic rings. The van der Waals surface area contributed by atoms with Crippen molar-refractivity contribution in [1.82, 2.24) is 0 Å². The maximum Gasteiger partial charge on any atom is 0.216 e. The Morgan fingerprint density at radius 2 is 2.54 bits per heavy atom. The third-order valence-electron chi connectivity index (χ3n) is 1.41. The van der Waals surface area contributed by atoms with Crippen molar-refractivity contribution in [3.05, 3.63) is 22.1 Å². The zero-order valence-electron chi connectivity index (χ0n) is 7.12. The zero-order valence-corrected chi connectivity index (χ0v) is 7.94. The molecule has 0 saturated carbocycles. The van der Waals surface area contributed by atoms with Crippen LogP contribution in [0.25, 0.3) is 0 Å². The molecule has 0 aliphatic carbocycles. The Balaban J connectivity index is 2.67. The maximum atomic E-state index is 12.5. The Morgan fingerprint density at radius 1 is 1.85 bits per heavy atom. The lowest BCUT2D eigenvalue weighted by Gasteiger charge is -2.07. The van der Waals surface area contributed by atoms with Crippen molar-refractivity contribution in [2.24, 2.45) is 5.73 Å². The van der Waals surface area contributed by atoms with E-state index in [1.54, 1.807) is 6.92 Å². The largest absolute Gasteiger partial charge is 0.356 e. The van der Waals surface area contributed by atoms with Gasteiger partial charge in [-0.05, 0) is 13.0 Å². The van der Waals surface area contributed by atoms with Crippen molar-refractivity contribution in [3.63, 3.8) is 0 Å². The van der Waals surface area contributed by atoms with Crippen LogP contribution in [0.4, 0.5) is 4.39 Å². The Hall–Kier alpha value is -0.780. The van der Waals surface area contributed by atoms with Crippen molar-refractivity contribution in [2.75, 3.05) is 6.61 Å². The van der Waals surface area contributed by atoms with Crippen molar-refractivity contribution >= 4 is 17.1 Å². The standard InChI is InChI=1S/C8H10FNO2S/c1-2-12-8(10)7(11)6-3-5(9)4-13-6/h3-4,8H,2,10H2,1H3. The van der Waals surface area contributed by atoms with Gasteiger partial charge >= 0.3 is 0 Å². The quantitative estimate of drug-likeness (QED) is 0.594. The molecule has 0 saturated heterocycles. The summed E-state index contributed by atoms with van der Waals surface area (Å²) in [6, 6.07) is 1.16. The SMILES string of the molecule is CCOC(N)C(=O)c1cc(F)cs1. The number of ketones is 1. The number of hydrogen-bond donors (Lipinski definition) is 1. The van der Waals surface area contributed by atoms with Crippen molar-refractivity contribution in [3.8, 4) is 0 Å². The molecule has 1 heterocycles. The second-order valence-corrected chi connectivity index (χ2v) is 3.28. The number of Topliss-reactive ketones (excluding diaryl/α,β-unsaturated/α-hetero) is 1. The number of rotatable bonds is 4. The third kappa shape index (κ3) is 2.58. The number of halogens is 1. The number of hydrogen-bond acceptors (Lipinski definition) is 4. The zero-order chi connectivity index (χ0) is 9.84. The Labute approximate surface area is 79.3 Å². The van der Waals surface area contributed by atoms with Gasteiger partial charge in [-0.15, -0.1) is 11.3 Å². The molecular formula is C8H10FNO2S. The van der Waals surface area contributed by atoms with E-state index in [2.05, 4.69) is 0 Å². The lowest BCUT2D eigenvalue weighted by Crippen LogP contribution is -2.32. The molecule has 0 bridgehead atoms. The summed E-state index contributed by atoms with van der Waals surface area (Å²) in [5.74, 6) is -0.798. The molecule has 0 radical (unpaired) electrons. The topological polar surface area (TPSA) is 52.3 Å². The molecule has 13 heavy (non-hydrogen) atoms. The normalized spacial score (nSPS) is 12.8. The Morgan fingerprint density at radius 3 is 3.00 bits per heavy atom. The van der Waals surface area contributed by atoms with Crippen LogP contribution in [0.5, 0.6) is 0 Å². The van der Waals surface area contributed by atoms with E-state index in [1.165, 1.54) is 5.38 Å². The van der Waals surface area contributed by atoms with Gasteiger partial charge in [-0.3, -0.25) is 10.5 Å². The third-order valence-corrected chi connectivity index (χ3v) is 2.33. The number of nitrogens with two attached hydrogens (primary N) is 1. The van der Waals surface area contributed by atoms with Gasteiger partial charge in [0.05, 0.1) is 4.88 Å². The van der Waals surface area contributed by atoms with E-state index in [0.717, 1.165) is 17.4 Å². The molecular weight excluding hydrogens is 193 g/mol. The van der Waals surface area contributed by atoms with E-state index < -0.39 is 12.0 Å². The second-order valence-electron chi connectivity index (χ2n) is 2.37. The van der Waals surface area contributed by atoms with Crippen LogP contribution < -0.4 is 5.73 Å². The summed E-state index contributed by atoms with van der Waals surface area (Å²) in [7, 11) is 0. The van der Waals surface area contributed by atoms with Crippen LogP contribution in [-0.2, 0) is 4.74 Å². The molecule has 5 heteroatoms. The van der Waals surface area contributed by atoms with Crippen LogP contribution in [-0.4, -0.2) is 18.6 Å². The van der Waals surface area contributed by atoms with E-state index in [0.29, 0.717) is 11.5 Å². The Bertz CT molecular complexity index is 300. The van der Waals surface area contributed by atoms with Gasteiger partial charge in [0.15, 0.2) is 6.23 Å². The summed E-state index contributed by atoms with van der Waals surface area (Å²) in [6.07, 6.45) is -0.983. The van der Waals surface area contributed by atoms with E-state index in [1.807, 2.05) is 0 Å². The van der Waals surface area contributed by atoms with Gasteiger partial charge in [0.25, 0.3) is 0 Å². The minimum Gasteiger partial charge on any atom is -0.356 e. The highest BCUT2D eigenvalue weighted by Gasteiger charge is 2.17. The molecule has 72 valence electrons. The van der Waals surface area contributed by atoms with Gasteiger partial charge in [-0.2, -0.15) is 0 Å². The summed E-state index contributed by atoms with van der Waals surface area (Å²) in [6.45, 7) is 2.10. The molecule has 0 aromatic carbocycles. The van der Waals surface area contributed by atoms with Crippen LogP contribution in [0.2, 0.25) is 0 Å². The minimum absolute atomic E-state index is 0.290. The lowest BCUT2D eigenvalue weighted by molar-refractivity contribution is 0.0483. The van der Waals surface area contributed by atoms with Crippen LogP contribution >= 0.6 is 11.3 Å². The van der Waals surface area contributed by atoms with Gasteiger partial charge in [0, 0.05) is 12.0 Å². The van der Waals surface area contributed by atoms with Crippen molar-refractivity contribution in [2.45, 2.75) is 13.2 Å². The first kappa shape index (κ1) is 10.3. The first-order valence-corrected chi connectivity index (χ1v) is 4.68. The second kappa shape index (κ2) is 4.45. The van der Waals surface area contributed by atoms with E-state index in [-0.39, 0.29) is 5.78 Å². The fraction of sp³-hybridized carbons (Fsp3) is 0.375. The first-order chi connectivity index (χ1) is 6.15. The molecule has 0 spiro atoms. The summed E-state index contributed by atoms with van der Waals surface area (Å²) < 4.78 is 17.4. The average molecular weight is 203 g/mol. The molecule has 1 atom stereocenters.